The fourth-order valence-corrected chi connectivity index (χ4v) is 2.91. The van der Waals surface area contributed by atoms with Gasteiger partial charge in [0, 0.05) is 18.0 Å². The van der Waals surface area contributed by atoms with E-state index in [9.17, 15) is 9.90 Å². The van der Waals surface area contributed by atoms with E-state index >= 15 is 0 Å². The van der Waals surface area contributed by atoms with Gasteiger partial charge in [0.2, 0.25) is 5.88 Å². The third kappa shape index (κ3) is 4.29. The summed E-state index contributed by atoms with van der Waals surface area (Å²) in [7, 11) is 3.01. The van der Waals surface area contributed by atoms with Gasteiger partial charge in [0.15, 0.2) is 5.69 Å². The average molecular weight is 393 g/mol. The lowest BCUT2D eigenvalue weighted by atomic mass is 10.2. The number of hydrogen-bond donors (Lipinski definition) is 1. The molecular formula is C22H23N3O4. The van der Waals surface area contributed by atoms with Gasteiger partial charge in [-0.3, -0.25) is 4.79 Å². The second-order valence-electron chi connectivity index (χ2n) is 6.69. The van der Waals surface area contributed by atoms with Gasteiger partial charge in [0.1, 0.15) is 11.5 Å². The molecule has 1 amide bonds. The van der Waals surface area contributed by atoms with Crippen molar-refractivity contribution in [2.24, 2.45) is 10.2 Å². The minimum absolute atomic E-state index is 0.0385. The molecule has 7 nitrogen and oxygen atoms in total. The first-order valence-electron chi connectivity index (χ1n) is 9.07. The lowest BCUT2D eigenvalue weighted by molar-refractivity contribution is 0.0994. The predicted octanol–water partition coefficient (Wildman–Crippen LogP) is 5.25. The lowest BCUT2D eigenvalue weighted by Crippen LogP contribution is -1.97. The molecule has 0 fully saturated rings. The third-order valence-electron chi connectivity index (χ3n) is 4.44. The van der Waals surface area contributed by atoms with Crippen molar-refractivity contribution in [1.82, 2.24) is 4.57 Å². The Hall–Kier alpha value is -3.61. The minimum Gasteiger partial charge on any atom is -0.497 e. The Morgan fingerprint density at radius 3 is 2.38 bits per heavy atom. The molecule has 3 rings (SSSR count). The molecule has 1 aromatic heterocycles. The van der Waals surface area contributed by atoms with Gasteiger partial charge in [-0.25, -0.2) is 0 Å². The Morgan fingerprint density at radius 2 is 1.76 bits per heavy atom. The summed E-state index contributed by atoms with van der Waals surface area (Å²) >= 11 is 0. The first-order chi connectivity index (χ1) is 13.9. The fraction of sp³-hybridized carbons (Fsp3) is 0.227. The van der Waals surface area contributed by atoms with E-state index in [0.717, 1.165) is 11.1 Å². The maximum Gasteiger partial charge on any atom is 0.295 e. The Balaban J connectivity index is 2.00. The van der Waals surface area contributed by atoms with E-state index in [0.29, 0.717) is 23.4 Å². The van der Waals surface area contributed by atoms with Gasteiger partial charge in [0.05, 0.1) is 25.3 Å². The normalized spacial score (nSPS) is 11.0. The number of rotatable bonds is 6. The number of ether oxygens (including phenoxy) is 2. The molecule has 0 aliphatic heterocycles. The zero-order valence-corrected chi connectivity index (χ0v) is 16.8. The van der Waals surface area contributed by atoms with Crippen LogP contribution in [0.4, 0.5) is 5.69 Å². The van der Waals surface area contributed by atoms with Crippen molar-refractivity contribution in [1.29, 1.82) is 0 Å². The van der Waals surface area contributed by atoms with Crippen LogP contribution >= 0.6 is 0 Å². The number of amides is 1. The zero-order valence-electron chi connectivity index (χ0n) is 16.8. The zero-order chi connectivity index (χ0) is 21.0. The van der Waals surface area contributed by atoms with Crippen LogP contribution in [0.5, 0.6) is 17.4 Å². The third-order valence-corrected chi connectivity index (χ3v) is 4.44. The van der Waals surface area contributed by atoms with E-state index in [1.165, 1.54) is 14.2 Å². The highest BCUT2D eigenvalue weighted by atomic mass is 16.5. The Morgan fingerprint density at radius 1 is 1.10 bits per heavy atom. The molecule has 0 unspecified atom stereocenters. The van der Waals surface area contributed by atoms with Crippen molar-refractivity contribution < 1.29 is 19.4 Å². The molecule has 150 valence electrons. The summed E-state index contributed by atoms with van der Waals surface area (Å²) in [5, 5.41) is 19.3. The van der Waals surface area contributed by atoms with Gasteiger partial charge in [-0.2, -0.15) is 0 Å². The van der Waals surface area contributed by atoms with E-state index in [1.807, 2.05) is 44.2 Å². The Labute approximate surface area is 168 Å². The van der Waals surface area contributed by atoms with Gasteiger partial charge < -0.3 is 19.1 Å². The summed E-state index contributed by atoms with van der Waals surface area (Å²) in [5.41, 5.74) is 2.48. The van der Waals surface area contributed by atoms with Crippen LogP contribution < -0.4 is 9.47 Å². The molecule has 0 aliphatic carbocycles. The van der Waals surface area contributed by atoms with Crippen LogP contribution in [-0.2, 0) is 6.54 Å². The summed E-state index contributed by atoms with van der Waals surface area (Å²) in [6.45, 7) is 4.47. The summed E-state index contributed by atoms with van der Waals surface area (Å²) < 4.78 is 12.1. The number of methoxy groups -OCH3 is 2. The number of benzene rings is 2. The van der Waals surface area contributed by atoms with Crippen molar-refractivity contribution in [3.05, 3.63) is 59.7 Å². The van der Waals surface area contributed by atoms with Crippen molar-refractivity contribution in [2.45, 2.75) is 20.4 Å². The minimum atomic E-state index is -0.567. The maximum atomic E-state index is 12.6. The molecule has 1 N–H and O–H groups in total. The van der Waals surface area contributed by atoms with E-state index in [2.05, 4.69) is 10.2 Å². The summed E-state index contributed by atoms with van der Waals surface area (Å²) in [5.74, 6) is 0.347. The van der Waals surface area contributed by atoms with Gasteiger partial charge in [-0.05, 0) is 32.0 Å². The molecule has 1 heterocycles. The van der Waals surface area contributed by atoms with Crippen molar-refractivity contribution in [2.75, 3.05) is 14.2 Å². The number of fused-ring (bicyclic) bond motifs is 1. The molecule has 0 aliphatic rings. The summed E-state index contributed by atoms with van der Waals surface area (Å²) in [6, 6.07) is 12.2. The fourth-order valence-electron chi connectivity index (χ4n) is 2.91. The number of azo groups is 1. The Bertz CT molecular complexity index is 1090. The Kier molecular flexibility index (Phi) is 5.97. The second-order valence-corrected chi connectivity index (χ2v) is 6.69. The molecule has 7 heteroatoms. The van der Waals surface area contributed by atoms with Crippen LogP contribution in [0.25, 0.3) is 10.9 Å². The molecule has 3 aromatic rings. The van der Waals surface area contributed by atoms with Gasteiger partial charge in [0.25, 0.3) is 5.91 Å². The standard InChI is InChI=1S/C22H23N3O4/c1-14(2)9-10-25-19-8-6-5-7-18(19)20(22(25)27)23-24-21(26)15-11-16(28-3)13-17(12-15)29-4/h5-9,11-13,27H,10H2,1-4H3. The van der Waals surface area contributed by atoms with Crippen LogP contribution in [0.3, 0.4) is 0 Å². The van der Waals surface area contributed by atoms with Crippen LogP contribution in [0.15, 0.2) is 64.3 Å². The van der Waals surface area contributed by atoms with Crippen LogP contribution in [0.1, 0.15) is 24.2 Å². The van der Waals surface area contributed by atoms with Crippen molar-refractivity contribution in [3.8, 4) is 17.4 Å². The number of carbonyl (C=O) groups is 1. The molecule has 0 radical (unpaired) electrons. The molecule has 0 bridgehead atoms. The molecule has 2 aromatic carbocycles. The topological polar surface area (TPSA) is 85.4 Å². The van der Waals surface area contributed by atoms with Gasteiger partial charge in [-0.15, -0.1) is 10.2 Å². The average Bonchev–Trinajstić information content (AvgIpc) is 3.00. The number of para-hydroxylation sites is 1. The van der Waals surface area contributed by atoms with Crippen LogP contribution in [0, 0.1) is 0 Å². The smallest absolute Gasteiger partial charge is 0.295 e. The number of hydrogen-bond acceptors (Lipinski definition) is 5. The lowest BCUT2D eigenvalue weighted by Gasteiger charge is -2.05. The van der Waals surface area contributed by atoms with Crippen molar-refractivity contribution in [3.63, 3.8) is 0 Å². The molecule has 0 spiro atoms. The molecule has 29 heavy (non-hydrogen) atoms. The van der Waals surface area contributed by atoms with Gasteiger partial charge >= 0.3 is 0 Å². The van der Waals surface area contributed by atoms with E-state index in [1.54, 1.807) is 22.8 Å². The van der Waals surface area contributed by atoms with E-state index in [-0.39, 0.29) is 17.1 Å². The quantitative estimate of drug-likeness (QED) is 0.457. The summed E-state index contributed by atoms with van der Waals surface area (Å²) in [6.07, 6.45) is 2.00. The highest BCUT2D eigenvalue weighted by molar-refractivity contribution is 5.97. The largest absolute Gasteiger partial charge is 0.497 e. The first-order valence-corrected chi connectivity index (χ1v) is 9.07. The SMILES string of the molecule is COc1cc(OC)cc(C(=O)N=Nc2c(O)n(CC=C(C)C)c3ccccc23)c1. The highest BCUT2D eigenvalue weighted by Crippen LogP contribution is 2.39. The monoisotopic (exact) mass is 393 g/mol. The number of aromatic hydroxyl groups is 1. The summed E-state index contributed by atoms with van der Waals surface area (Å²) in [4.78, 5) is 12.6. The maximum absolute atomic E-state index is 12.6. The molecule has 0 saturated heterocycles. The number of nitrogens with zero attached hydrogens (tertiary/aromatic N) is 3. The van der Waals surface area contributed by atoms with E-state index in [4.69, 9.17) is 9.47 Å². The van der Waals surface area contributed by atoms with Crippen LogP contribution in [-0.4, -0.2) is 29.8 Å². The highest BCUT2D eigenvalue weighted by Gasteiger charge is 2.16. The number of aromatic nitrogens is 1. The predicted molar refractivity (Wildman–Crippen MR) is 111 cm³/mol. The molecule has 0 saturated carbocycles. The number of carbonyl (C=O) groups excluding carboxylic acids is 1. The van der Waals surface area contributed by atoms with Crippen LogP contribution in [0.2, 0.25) is 0 Å². The second kappa shape index (κ2) is 8.60. The molecule has 0 atom stereocenters. The first kappa shape index (κ1) is 20.1. The molecular weight excluding hydrogens is 370 g/mol. The number of allylic oxidation sites excluding steroid dienone is 2. The van der Waals surface area contributed by atoms with Crippen molar-refractivity contribution >= 4 is 22.5 Å². The van der Waals surface area contributed by atoms with Gasteiger partial charge in [-0.1, -0.05) is 29.8 Å². The van der Waals surface area contributed by atoms with E-state index < -0.39 is 5.91 Å².